The van der Waals surface area contributed by atoms with Gasteiger partial charge in [0.25, 0.3) is 20.1 Å². The summed E-state index contributed by atoms with van der Waals surface area (Å²) in [6.07, 6.45) is 0. The first-order chi connectivity index (χ1) is 39.1. The summed E-state index contributed by atoms with van der Waals surface area (Å²) >= 11 is 0. The highest BCUT2D eigenvalue weighted by Gasteiger charge is 2.50. The van der Waals surface area contributed by atoms with Crippen LogP contribution in [0.1, 0.15) is 66.8 Å². The second-order valence-electron chi connectivity index (χ2n) is 24.6. The number of para-hydroxylation sites is 2. The molecule has 0 aliphatic carbocycles. The van der Waals surface area contributed by atoms with Crippen molar-refractivity contribution in [3.8, 4) is 23.0 Å². The fourth-order valence-electron chi connectivity index (χ4n) is 16.0. The summed E-state index contributed by atoms with van der Waals surface area (Å²) in [5.74, 6) is 3.67. The lowest BCUT2D eigenvalue weighted by molar-refractivity contribution is 0.487. The minimum absolute atomic E-state index is 0.0510. The topological polar surface area (TPSA) is 40.2 Å². The highest BCUT2D eigenvalue weighted by molar-refractivity contribution is 7.04. The van der Waals surface area contributed by atoms with Gasteiger partial charge in [0.1, 0.15) is 23.0 Å². The number of anilines is 11. The van der Waals surface area contributed by atoms with Crippen molar-refractivity contribution >= 4 is 132 Å². The molecule has 0 aromatic heterocycles. The van der Waals surface area contributed by atoms with Crippen LogP contribution >= 0.6 is 0 Å². The first-order valence-corrected chi connectivity index (χ1v) is 28.8. The Labute approximate surface area is 477 Å². The van der Waals surface area contributed by atoms with Crippen molar-refractivity contribution in [2.24, 2.45) is 0 Å². The van der Waals surface area contributed by atoms with Gasteiger partial charge in [-0.25, -0.2) is 0 Å². The Morgan fingerprint density at radius 3 is 1.12 bits per heavy atom. The number of rotatable bonds is 3. The first kappa shape index (κ1) is 48.1. The van der Waals surface area contributed by atoms with Gasteiger partial charge in [0.2, 0.25) is 0 Å². The molecule has 16 rings (SSSR count). The van der Waals surface area contributed by atoms with Crippen LogP contribution in [0.4, 0.5) is 62.6 Å². The third-order valence-electron chi connectivity index (χ3n) is 18.5. The Hall–Kier alpha value is -8.81. The van der Waals surface area contributed by atoms with Gasteiger partial charge in [0, 0.05) is 45.5 Å². The van der Waals surface area contributed by atoms with Gasteiger partial charge in [-0.1, -0.05) is 102 Å². The van der Waals surface area contributed by atoms with Crippen molar-refractivity contribution in [1.29, 1.82) is 0 Å². The van der Waals surface area contributed by atoms with E-state index >= 15 is 0 Å². The minimum atomic E-state index is -0.167. The Kier molecular flexibility index (Phi) is 10.0. The summed E-state index contributed by atoms with van der Waals surface area (Å²) in [5.41, 5.74) is 39.0. The van der Waals surface area contributed by atoms with Crippen LogP contribution < -0.4 is 78.7 Å². The molecule has 9 heteroatoms. The predicted molar refractivity (Wildman–Crippen MR) is 344 cm³/mol. The summed E-state index contributed by atoms with van der Waals surface area (Å²) in [4.78, 5) is 7.91. The summed E-state index contributed by atoms with van der Waals surface area (Å²) in [6.45, 7) is 26.8. The van der Waals surface area contributed by atoms with Crippen LogP contribution in [0.15, 0.2) is 146 Å². The number of ether oxygens (including phenoxy) is 2. The van der Waals surface area contributed by atoms with E-state index in [1.807, 2.05) is 0 Å². The number of nitrogens with zero attached hydrogens (tertiary/aromatic N) is 3. The van der Waals surface area contributed by atoms with Crippen LogP contribution in [0.25, 0.3) is 0 Å². The van der Waals surface area contributed by atoms with E-state index < -0.39 is 0 Å². The molecule has 0 unspecified atom stereocenters. The lowest BCUT2D eigenvalue weighted by Gasteiger charge is -2.48. The number of nitrogens with one attached hydrogen (secondary N) is 1. The first-order valence-electron chi connectivity index (χ1n) is 28.8. The highest BCUT2D eigenvalue weighted by atomic mass is 16.5. The zero-order valence-corrected chi connectivity index (χ0v) is 48.2. The average Bonchev–Trinajstić information content (AvgIpc) is 2.28. The molecule has 81 heavy (non-hydrogen) atoms. The number of hydrogen-bond acceptors (Lipinski definition) is 6. The zero-order valence-electron chi connectivity index (χ0n) is 48.2. The van der Waals surface area contributed by atoms with E-state index in [0.29, 0.717) is 0 Å². The second-order valence-corrected chi connectivity index (χ2v) is 24.6. The van der Waals surface area contributed by atoms with E-state index in [0.717, 1.165) is 45.5 Å². The third-order valence-corrected chi connectivity index (χ3v) is 18.5. The third kappa shape index (κ3) is 6.72. The van der Waals surface area contributed by atoms with Gasteiger partial charge in [0.15, 0.2) is 0 Å². The maximum atomic E-state index is 7.05. The van der Waals surface area contributed by atoms with E-state index in [1.165, 1.54) is 156 Å². The molecule has 6 nitrogen and oxygen atoms in total. The van der Waals surface area contributed by atoms with Gasteiger partial charge >= 0.3 is 0 Å². The molecule has 6 aliphatic rings. The highest BCUT2D eigenvalue weighted by Crippen LogP contribution is 2.51. The Morgan fingerprint density at radius 2 is 0.642 bits per heavy atom. The summed E-state index contributed by atoms with van der Waals surface area (Å²) < 4.78 is 13.9. The van der Waals surface area contributed by atoms with Crippen LogP contribution in [-0.2, 0) is 0 Å². The Balaban J connectivity index is 1.07. The van der Waals surface area contributed by atoms with E-state index in [1.54, 1.807) is 0 Å². The van der Waals surface area contributed by atoms with E-state index in [2.05, 4.69) is 249 Å². The largest absolute Gasteiger partial charge is 0.458 e. The van der Waals surface area contributed by atoms with E-state index in [9.17, 15) is 0 Å². The van der Waals surface area contributed by atoms with Crippen molar-refractivity contribution in [1.82, 2.24) is 0 Å². The molecule has 0 radical (unpaired) electrons. The van der Waals surface area contributed by atoms with Crippen LogP contribution in [0.3, 0.4) is 0 Å². The SMILES string of the molecule is Cc1cc(C)c(N2c3cc4c(cc3B3c5ccccc5Oc5cc(C)cc2c53)B2c3cc5c(cc3N(c3c(C)cc(C)cc3C)c3cc(C)cc(c32)N4c2c(C)cc(C)cc2C)Nc2cc(C)cc3c2B5c2ccccc2O3)c(C)c1. The molecule has 0 saturated heterocycles. The standard InChI is InChI=1S/C72H61B3N4O2/c1-37-21-43(7)70(44(8)22-37)77-57-35-55-51(73-49-17-13-15-19-63(49)80-65-31-40(4)27-56(76-55)67(65)73)33-52(57)75-54-34-53-58(36-59(54)78(61-29-41(5)28-60(77)68(61)75)71-45(9)23-38(2)24-46(71)10)79(72-47(11)25-39(3)26-48(72)12)62-30-42(6)32-66-69(62)74(53)50-18-14-16-20-64(50)81-66/h13-36,76H,1-12H3. The normalized spacial score (nSPS) is 14.1. The molecular formula is C72H61B3N4O2. The summed E-state index contributed by atoms with van der Waals surface area (Å²) in [6, 6.07) is 56.1. The number of benzene rings is 10. The van der Waals surface area contributed by atoms with Crippen molar-refractivity contribution in [3.05, 3.63) is 212 Å². The van der Waals surface area contributed by atoms with Crippen LogP contribution in [0.2, 0.25) is 0 Å². The lowest BCUT2D eigenvalue weighted by atomic mass is 9.29. The fraction of sp³-hybridized carbons (Fsp3) is 0.167. The van der Waals surface area contributed by atoms with Crippen LogP contribution in [-0.4, -0.2) is 20.1 Å². The van der Waals surface area contributed by atoms with Gasteiger partial charge in [-0.15, -0.1) is 0 Å². The smallest absolute Gasteiger partial charge is 0.256 e. The maximum Gasteiger partial charge on any atom is 0.256 e. The summed E-state index contributed by atoms with van der Waals surface area (Å²) in [7, 11) is 0. The molecule has 10 aromatic carbocycles. The summed E-state index contributed by atoms with van der Waals surface area (Å²) in [5, 5.41) is 4.06. The van der Waals surface area contributed by atoms with Gasteiger partial charge in [-0.05, 0) is 243 Å². The van der Waals surface area contributed by atoms with Gasteiger partial charge < -0.3 is 29.5 Å². The number of hydrogen-bond donors (Lipinski definition) is 1. The number of fused-ring (bicyclic) bond motifs is 12. The molecule has 0 spiro atoms. The predicted octanol–water partition coefficient (Wildman–Crippen LogP) is 12.6. The van der Waals surface area contributed by atoms with Gasteiger partial charge in [-0.3, -0.25) is 0 Å². The molecule has 1 N–H and O–H groups in total. The molecule has 0 amide bonds. The average molecular weight is 1050 g/mol. The van der Waals surface area contributed by atoms with Crippen LogP contribution in [0.5, 0.6) is 23.0 Å². The lowest BCUT2D eigenvalue weighted by Crippen LogP contribution is -2.66. The van der Waals surface area contributed by atoms with Crippen molar-refractivity contribution in [3.63, 3.8) is 0 Å². The second kappa shape index (κ2) is 16.9. The molecule has 6 aliphatic heterocycles. The minimum Gasteiger partial charge on any atom is -0.458 e. The van der Waals surface area contributed by atoms with Crippen LogP contribution in [0, 0.1) is 83.1 Å². The molecule has 6 heterocycles. The number of aryl methyl sites for hydroxylation is 12. The molecular weight excluding hydrogens is 985 g/mol. The Morgan fingerprint density at radius 1 is 0.284 bits per heavy atom. The molecule has 0 fully saturated rings. The van der Waals surface area contributed by atoms with E-state index in [-0.39, 0.29) is 20.1 Å². The van der Waals surface area contributed by atoms with Crippen molar-refractivity contribution in [2.75, 3.05) is 20.0 Å². The van der Waals surface area contributed by atoms with E-state index in [4.69, 9.17) is 9.47 Å². The molecule has 0 bridgehead atoms. The van der Waals surface area contributed by atoms with Crippen molar-refractivity contribution in [2.45, 2.75) is 83.1 Å². The maximum absolute atomic E-state index is 7.05. The van der Waals surface area contributed by atoms with Gasteiger partial charge in [-0.2, -0.15) is 0 Å². The monoisotopic (exact) mass is 1050 g/mol. The van der Waals surface area contributed by atoms with Gasteiger partial charge in [0.05, 0.1) is 17.1 Å². The Bertz CT molecular complexity index is 4470. The zero-order chi connectivity index (χ0) is 55.3. The quantitative estimate of drug-likeness (QED) is 0.178. The molecule has 0 atom stereocenters. The molecule has 0 saturated carbocycles. The molecule has 390 valence electrons. The van der Waals surface area contributed by atoms with Crippen molar-refractivity contribution < 1.29 is 9.47 Å². The molecule has 10 aromatic rings. The fourth-order valence-corrected chi connectivity index (χ4v) is 16.0.